The Balaban J connectivity index is 0.00000324. The quantitative estimate of drug-likeness (QED) is 0.245. The molecule has 182 valence electrons. The van der Waals surface area contributed by atoms with Crippen molar-refractivity contribution in [3.63, 3.8) is 0 Å². The lowest BCUT2D eigenvalue weighted by Crippen LogP contribution is -2.46. The molecule has 0 bridgehead atoms. The van der Waals surface area contributed by atoms with Gasteiger partial charge < -0.3 is 20.1 Å². The minimum atomic E-state index is 0. The predicted octanol–water partition coefficient (Wildman–Crippen LogP) is 4.50. The first-order valence-electron chi connectivity index (χ1n) is 11.4. The molecule has 4 rings (SSSR count). The number of nitrogens with one attached hydrogen (secondary N) is 2. The summed E-state index contributed by atoms with van der Waals surface area (Å²) in [5.41, 5.74) is 1.13. The number of ether oxygens (including phenoxy) is 2. The Hall–Kier alpha value is -2.82. The monoisotopic (exact) mass is 576 g/mol. The molecule has 1 atom stereocenters. The molecule has 1 aliphatic heterocycles. The minimum Gasteiger partial charge on any atom is -0.493 e. The molecule has 0 saturated carbocycles. The molecule has 1 unspecified atom stereocenters. The zero-order chi connectivity index (χ0) is 23.2. The second kappa shape index (κ2) is 12.0. The number of hydrogen-bond donors (Lipinski definition) is 2. The van der Waals surface area contributed by atoms with E-state index in [0.717, 1.165) is 48.3 Å². The van der Waals surface area contributed by atoms with Gasteiger partial charge in [0, 0.05) is 32.0 Å². The van der Waals surface area contributed by atoms with Gasteiger partial charge in [0.1, 0.15) is 11.6 Å². The highest BCUT2D eigenvalue weighted by Crippen LogP contribution is 2.30. The van der Waals surface area contributed by atoms with Crippen LogP contribution in [-0.2, 0) is 19.5 Å². The smallest absolute Gasteiger partial charge is 0.191 e. The van der Waals surface area contributed by atoms with Crippen molar-refractivity contribution < 1.29 is 9.47 Å². The maximum atomic E-state index is 5.95. The maximum absolute atomic E-state index is 5.95. The summed E-state index contributed by atoms with van der Waals surface area (Å²) in [5, 5.41) is 11.6. The van der Waals surface area contributed by atoms with Crippen molar-refractivity contribution in [2.75, 3.05) is 14.2 Å². The SMILES string of the molecule is CN=C(NCc1ccc(Oc2ccccc2OC)cc1)NC1CCc2nc(C(C)C)nn2C1.I. The van der Waals surface area contributed by atoms with Gasteiger partial charge in [-0.05, 0) is 36.2 Å². The lowest BCUT2D eigenvalue weighted by atomic mass is 10.1. The first-order valence-corrected chi connectivity index (χ1v) is 11.4. The summed E-state index contributed by atoms with van der Waals surface area (Å²) in [6.07, 6.45) is 1.92. The van der Waals surface area contributed by atoms with E-state index in [1.54, 1.807) is 14.2 Å². The van der Waals surface area contributed by atoms with Crippen molar-refractivity contribution in [1.82, 2.24) is 25.4 Å². The molecule has 0 amide bonds. The first kappa shape index (κ1) is 25.8. The van der Waals surface area contributed by atoms with Crippen LogP contribution in [0.15, 0.2) is 53.5 Å². The summed E-state index contributed by atoms with van der Waals surface area (Å²) in [7, 11) is 3.43. The lowest BCUT2D eigenvalue weighted by Gasteiger charge is -2.25. The van der Waals surface area contributed by atoms with E-state index >= 15 is 0 Å². The number of para-hydroxylation sites is 2. The molecule has 0 radical (unpaired) electrons. The van der Waals surface area contributed by atoms with Gasteiger partial charge in [0.25, 0.3) is 0 Å². The average molecular weight is 576 g/mol. The van der Waals surface area contributed by atoms with Crippen LogP contribution in [0.25, 0.3) is 0 Å². The van der Waals surface area contributed by atoms with E-state index in [-0.39, 0.29) is 30.0 Å². The van der Waals surface area contributed by atoms with Crippen LogP contribution in [0.2, 0.25) is 0 Å². The van der Waals surface area contributed by atoms with Crippen LogP contribution in [0.4, 0.5) is 0 Å². The Bertz CT molecular complexity index is 1100. The third-order valence-corrected chi connectivity index (χ3v) is 5.64. The summed E-state index contributed by atoms with van der Waals surface area (Å²) >= 11 is 0. The van der Waals surface area contributed by atoms with Crippen LogP contribution in [-0.4, -0.2) is 40.9 Å². The fourth-order valence-electron chi connectivity index (χ4n) is 3.77. The van der Waals surface area contributed by atoms with E-state index in [4.69, 9.17) is 9.47 Å². The highest BCUT2D eigenvalue weighted by molar-refractivity contribution is 14.0. The molecule has 1 aromatic heterocycles. The van der Waals surface area contributed by atoms with Crippen molar-refractivity contribution in [3.8, 4) is 17.2 Å². The van der Waals surface area contributed by atoms with Gasteiger partial charge in [-0.2, -0.15) is 5.10 Å². The van der Waals surface area contributed by atoms with Crippen LogP contribution >= 0.6 is 24.0 Å². The summed E-state index contributed by atoms with van der Waals surface area (Å²) in [6.45, 7) is 5.71. The van der Waals surface area contributed by atoms with Crippen molar-refractivity contribution in [2.24, 2.45) is 4.99 Å². The molecule has 9 heteroatoms. The summed E-state index contributed by atoms with van der Waals surface area (Å²) in [6, 6.07) is 15.9. The number of aliphatic imine (C=N–C) groups is 1. The molecule has 0 aliphatic carbocycles. The fraction of sp³-hybridized carbons (Fsp3) is 0.400. The molecule has 1 aliphatic rings. The van der Waals surface area contributed by atoms with E-state index in [0.29, 0.717) is 24.0 Å². The molecule has 3 aromatic rings. The second-order valence-corrected chi connectivity index (χ2v) is 8.43. The predicted molar refractivity (Wildman–Crippen MR) is 144 cm³/mol. The highest BCUT2D eigenvalue weighted by atomic mass is 127. The Morgan fingerprint density at radius 3 is 2.56 bits per heavy atom. The summed E-state index contributed by atoms with van der Waals surface area (Å²) in [5.74, 6) is 5.29. The van der Waals surface area contributed by atoms with E-state index in [9.17, 15) is 0 Å². The van der Waals surface area contributed by atoms with E-state index in [2.05, 4.69) is 39.6 Å². The van der Waals surface area contributed by atoms with Crippen molar-refractivity contribution in [1.29, 1.82) is 0 Å². The second-order valence-electron chi connectivity index (χ2n) is 8.43. The molecule has 2 heterocycles. The minimum absolute atomic E-state index is 0. The Kier molecular flexibility index (Phi) is 9.14. The maximum Gasteiger partial charge on any atom is 0.191 e. The van der Waals surface area contributed by atoms with Crippen LogP contribution in [0.1, 0.15) is 43.4 Å². The summed E-state index contributed by atoms with van der Waals surface area (Å²) < 4.78 is 13.3. The molecule has 0 saturated heterocycles. The number of halogens is 1. The number of nitrogens with zero attached hydrogens (tertiary/aromatic N) is 4. The number of guanidine groups is 1. The molecule has 34 heavy (non-hydrogen) atoms. The zero-order valence-corrected chi connectivity index (χ0v) is 22.4. The average Bonchev–Trinajstić information content (AvgIpc) is 3.27. The van der Waals surface area contributed by atoms with Crippen LogP contribution in [0.3, 0.4) is 0 Å². The van der Waals surface area contributed by atoms with Crippen LogP contribution in [0.5, 0.6) is 17.2 Å². The number of aromatic nitrogens is 3. The third-order valence-electron chi connectivity index (χ3n) is 5.64. The number of aryl methyl sites for hydroxylation is 1. The topological polar surface area (TPSA) is 85.6 Å². The Morgan fingerprint density at radius 2 is 1.88 bits per heavy atom. The number of rotatable bonds is 7. The van der Waals surface area contributed by atoms with Crippen LogP contribution in [0, 0.1) is 0 Å². The number of fused-ring (bicyclic) bond motifs is 1. The first-order chi connectivity index (χ1) is 16.1. The molecule has 2 aromatic carbocycles. The van der Waals surface area contributed by atoms with Crippen molar-refractivity contribution in [2.45, 2.75) is 51.7 Å². The number of hydrogen-bond acceptors (Lipinski definition) is 5. The van der Waals surface area contributed by atoms with Gasteiger partial charge in [0.2, 0.25) is 0 Å². The van der Waals surface area contributed by atoms with Gasteiger partial charge in [-0.15, -0.1) is 24.0 Å². The lowest BCUT2D eigenvalue weighted by molar-refractivity contribution is 0.379. The fourth-order valence-corrected chi connectivity index (χ4v) is 3.77. The van der Waals surface area contributed by atoms with Gasteiger partial charge in [-0.3, -0.25) is 4.99 Å². The molecule has 8 nitrogen and oxygen atoms in total. The van der Waals surface area contributed by atoms with E-state index in [1.807, 2.05) is 53.2 Å². The molecular weight excluding hydrogens is 543 g/mol. The van der Waals surface area contributed by atoms with Crippen molar-refractivity contribution >= 4 is 29.9 Å². The standard InChI is InChI=1S/C25H32N6O2.HI/c1-17(2)24-29-23-14-11-19(16-31(23)30-24)28-25(26-3)27-15-18-9-12-20(13-10-18)33-22-8-6-5-7-21(22)32-4;/h5-10,12-13,17,19H,11,14-16H2,1-4H3,(H2,26,27,28);1H. The van der Waals surface area contributed by atoms with Crippen LogP contribution < -0.4 is 20.1 Å². The molecular formula is C25H33IN6O2. The van der Waals surface area contributed by atoms with Gasteiger partial charge in [0.15, 0.2) is 23.3 Å². The normalized spacial score (nSPS) is 15.3. The van der Waals surface area contributed by atoms with Gasteiger partial charge in [0.05, 0.1) is 13.7 Å². The Labute approximate surface area is 218 Å². The van der Waals surface area contributed by atoms with Gasteiger partial charge >= 0.3 is 0 Å². The molecule has 0 spiro atoms. The van der Waals surface area contributed by atoms with E-state index in [1.165, 1.54) is 0 Å². The zero-order valence-electron chi connectivity index (χ0n) is 20.1. The molecule has 2 N–H and O–H groups in total. The van der Waals surface area contributed by atoms with Crippen molar-refractivity contribution in [3.05, 3.63) is 65.7 Å². The number of benzene rings is 2. The Morgan fingerprint density at radius 1 is 1.15 bits per heavy atom. The molecule has 0 fully saturated rings. The summed E-state index contributed by atoms with van der Waals surface area (Å²) in [4.78, 5) is 9.05. The largest absolute Gasteiger partial charge is 0.493 e. The van der Waals surface area contributed by atoms with E-state index < -0.39 is 0 Å². The van der Waals surface area contributed by atoms with Gasteiger partial charge in [-0.25, -0.2) is 9.67 Å². The third kappa shape index (κ3) is 6.40. The van der Waals surface area contributed by atoms with Gasteiger partial charge in [-0.1, -0.05) is 38.1 Å². The highest BCUT2D eigenvalue weighted by Gasteiger charge is 2.23. The number of methoxy groups -OCH3 is 1.